The van der Waals surface area contributed by atoms with Crippen molar-refractivity contribution in [3.05, 3.63) is 58.3 Å². The van der Waals surface area contributed by atoms with Crippen molar-refractivity contribution in [2.75, 3.05) is 4.90 Å². The minimum absolute atomic E-state index is 0.271. The van der Waals surface area contributed by atoms with Gasteiger partial charge in [-0.2, -0.15) is 0 Å². The van der Waals surface area contributed by atoms with E-state index >= 15 is 0 Å². The standard InChI is InChI=1S/C15H13BrN2O2/c16-11-6-13-12(17-8-11)7-14(19)15(20)18(13)9-10-4-2-1-3-5-10/h1-6,8,14,19H,7,9H2/t14-/m1/s1. The maximum atomic E-state index is 12.2. The average molecular weight is 333 g/mol. The minimum Gasteiger partial charge on any atom is -0.383 e. The van der Waals surface area contributed by atoms with E-state index in [1.54, 1.807) is 11.1 Å². The summed E-state index contributed by atoms with van der Waals surface area (Å²) < 4.78 is 0.818. The molecule has 1 aliphatic heterocycles. The van der Waals surface area contributed by atoms with Crippen LogP contribution in [0.25, 0.3) is 0 Å². The second kappa shape index (κ2) is 5.34. The van der Waals surface area contributed by atoms with E-state index in [0.29, 0.717) is 6.54 Å². The fourth-order valence-electron chi connectivity index (χ4n) is 2.35. The van der Waals surface area contributed by atoms with Gasteiger partial charge in [0.05, 0.1) is 17.9 Å². The zero-order valence-corrected chi connectivity index (χ0v) is 12.2. The van der Waals surface area contributed by atoms with Crippen molar-refractivity contribution in [3.63, 3.8) is 0 Å². The first-order valence-electron chi connectivity index (χ1n) is 6.33. The number of pyridine rings is 1. The van der Waals surface area contributed by atoms with Crippen LogP contribution in [0.2, 0.25) is 0 Å². The number of amides is 1. The van der Waals surface area contributed by atoms with Crippen LogP contribution in [0.3, 0.4) is 0 Å². The Morgan fingerprint density at radius 1 is 1.35 bits per heavy atom. The van der Waals surface area contributed by atoms with Crippen molar-refractivity contribution >= 4 is 27.5 Å². The predicted octanol–water partition coefficient (Wildman–Crippen LogP) is 2.29. The summed E-state index contributed by atoms with van der Waals surface area (Å²) in [5.74, 6) is -0.277. The molecule has 5 heteroatoms. The van der Waals surface area contributed by atoms with Crippen LogP contribution in [0, 0.1) is 0 Å². The highest BCUT2D eigenvalue weighted by molar-refractivity contribution is 9.10. The molecule has 102 valence electrons. The first kappa shape index (κ1) is 13.3. The van der Waals surface area contributed by atoms with Crippen LogP contribution in [0.15, 0.2) is 47.1 Å². The summed E-state index contributed by atoms with van der Waals surface area (Å²) in [6.45, 7) is 0.432. The largest absolute Gasteiger partial charge is 0.383 e. The molecular formula is C15H13BrN2O2. The number of nitrogens with zero attached hydrogens (tertiary/aromatic N) is 2. The van der Waals surface area contributed by atoms with Crippen LogP contribution in [0.5, 0.6) is 0 Å². The molecule has 0 fully saturated rings. The number of anilines is 1. The van der Waals surface area contributed by atoms with Crippen molar-refractivity contribution in [3.8, 4) is 0 Å². The summed E-state index contributed by atoms with van der Waals surface area (Å²) in [5.41, 5.74) is 2.52. The number of aliphatic hydroxyl groups excluding tert-OH is 1. The summed E-state index contributed by atoms with van der Waals surface area (Å²) in [6, 6.07) is 11.6. The number of aromatic nitrogens is 1. The van der Waals surface area contributed by atoms with Crippen molar-refractivity contribution in [1.82, 2.24) is 4.98 Å². The third-order valence-corrected chi connectivity index (χ3v) is 3.76. The molecule has 0 saturated heterocycles. The molecule has 1 atom stereocenters. The quantitative estimate of drug-likeness (QED) is 0.918. The van der Waals surface area contributed by atoms with Gasteiger partial charge in [-0.15, -0.1) is 0 Å². The topological polar surface area (TPSA) is 53.4 Å². The Hall–Kier alpha value is -1.72. The number of aliphatic hydroxyl groups is 1. The van der Waals surface area contributed by atoms with Gasteiger partial charge in [-0.25, -0.2) is 0 Å². The number of hydrogen-bond donors (Lipinski definition) is 1. The van der Waals surface area contributed by atoms with E-state index in [9.17, 15) is 9.90 Å². The van der Waals surface area contributed by atoms with Crippen LogP contribution in [0.4, 0.5) is 5.69 Å². The van der Waals surface area contributed by atoms with Crippen LogP contribution >= 0.6 is 15.9 Å². The Morgan fingerprint density at radius 2 is 2.10 bits per heavy atom. The fourth-order valence-corrected chi connectivity index (χ4v) is 2.67. The second-order valence-corrected chi connectivity index (χ2v) is 5.66. The smallest absolute Gasteiger partial charge is 0.256 e. The Balaban J connectivity index is 2.00. The summed E-state index contributed by atoms with van der Waals surface area (Å²) in [6.07, 6.45) is 0.939. The fraction of sp³-hybridized carbons (Fsp3) is 0.200. The van der Waals surface area contributed by atoms with E-state index in [1.165, 1.54) is 0 Å². The average Bonchev–Trinajstić information content (AvgIpc) is 2.46. The molecule has 0 bridgehead atoms. The molecule has 1 aromatic heterocycles. The number of benzene rings is 1. The molecule has 1 amide bonds. The molecule has 0 spiro atoms. The van der Waals surface area contributed by atoms with Crippen LogP contribution in [-0.4, -0.2) is 22.1 Å². The predicted molar refractivity (Wildman–Crippen MR) is 79.3 cm³/mol. The molecule has 0 unspecified atom stereocenters. The van der Waals surface area contributed by atoms with E-state index in [0.717, 1.165) is 21.4 Å². The molecule has 3 rings (SSSR count). The zero-order chi connectivity index (χ0) is 14.1. The second-order valence-electron chi connectivity index (χ2n) is 4.75. The number of carbonyl (C=O) groups is 1. The van der Waals surface area contributed by atoms with E-state index < -0.39 is 6.10 Å². The van der Waals surface area contributed by atoms with Crippen molar-refractivity contribution in [2.45, 2.75) is 19.1 Å². The van der Waals surface area contributed by atoms with Crippen LogP contribution < -0.4 is 4.90 Å². The van der Waals surface area contributed by atoms with Gasteiger partial charge in [0.2, 0.25) is 0 Å². The molecule has 1 aromatic carbocycles. The number of carbonyl (C=O) groups excluding carboxylic acids is 1. The van der Waals surface area contributed by atoms with Gasteiger partial charge in [-0.05, 0) is 27.6 Å². The monoisotopic (exact) mass is 332 g/mol. The summed E-state index contributed by atoms with van der Waals surface area (Å²) >= 11 is 3.38. The molecule has 0 radical (unpaired) electrons. The van der Waals surface area contributed by atoms with Crippen molar-refractivity contribution < 1.29 is 9.90 Å². The number of hydrogen-bond acceptors (Lipinski definition) is 3. The minimum atomic E-state index is -1.01. The molecule has 0 aliphatic carbocycles. The van der Waals surface area contributed by atoms with Crippen molar-refractivity contribution in [2.24, 2.45) is 0 Å². The van der Waals surface area contributed by atoms with E-state index in [1.807, 2.05) is 36.4 Å². The maximum absolute atomic E-state index is 12.2. The normalized spacial score (nSPS) is 18.0. The highest BCUT2D eigenvalue weighted by Gasteiger charge is 2.32. The number of halogens is 1. The molecule has 20 heavy (non-hydrogen) atoms. The Morgan fingerprint density at radius 3 is 2.85 bits per heavy atom. The third kappa shape index (κ3) is 2.46. The lowest BCUT2D eigenvalue weighted by Gasteiger charge is -2.31. The van der Waals surface area contributed by atoms with E-state index in [-0.39, 0.29) is 12.3 Å². The summed E-state index contributed by atoms with van der Waals surface area (Å²) in [4.78, 5) is 18.1. The molecule has 1 N–H and O–H groups in total. The van der Waals surface area contributed by atoms with E-state index in [2.05, 4.69) is 20.9 Å². The SMILES string of the molecule is O=C1[C@H](O)Cc2ncc(Br)cc2N1Cc1ccccc1. The van der Waals surface area contributed by atoms with Gasteiger partial charge in [0.15, 0.2) is 0 Å². The highest BCUT2D eigenvalue weighted by atomic mass is 79.9. The van der Waals surface area contributed by atoms with Gasteiger partial charge in [0, 0.05) is 17.1 Å². The first-order chi connectivity index (χ1) is 9.65. The van der Waals surface area contributed by atoms with E-state index in [4.69, 9.17) is 0 Å². The van der Waals surface area contributed by atoms with Gasteiger partial charge < -0.3 is 10.0 Å². The van der Waals surface area contributed by atoms with Gasteiger partial charge in [0.1, 0.15) is 6.10 Å². The lowest BCUT2D eigenvalue weighted by atomic mass is 10.0. The summed E-state index contributed by atoms with van der Waals surface area (Å²) in [5, 5.41) is 9.90. The summed E-state index contributed by atoms with van der Waals surface area (Å²) in [7, 11) is 0. The Kier molecular flexibility index (Phi) is 3.54. The van der Waals surface area contributed by atoms with Crippen molar-refractivity contribution in [1.29, 1.82) is 0 Å². The van der Waals surface area contributed by atoms with Crippen LogP contribution in [0.1, 0.15) is 11.3 Å². The van der Waals surface area contributed by atoms with Crippen LogP contribution in [-0.2, 0) is 17.8 Å². The van der Waals surface area contributed by atoms with Gasteiger partial charge in [-0.1, -0.05) is 30.3 Å². The highest BCUT2D eigenvalue weighted by Crippen LogP contribution is 2.30. The Bertz CT molecular complexity index is 646. The zero-order valence-electron chi connectivity index (χ0n) is 10.7. The lowest BCUT2D eigenvalue weighted by Crippen LogP contribution is -2.44. The Labute approximate surface area is 125 Å². The molecule has 2 aromatic rings. The molecular weight excluding hydrogens is 320 g/mol. The van der Waals surface area contributed by atoms with Gasteiger partial charge in [-0.3, -0.25) is 9.78 Å². The maximum Gasteiger partial charge on any atom is 0.256 e. The molecule has 2 heterocycles. The lowest BCUT2D eigenvalue weighted by molar-refractivity contribution is -0.127. The van der Waals surface area contributed by atoms with Gasteiger partial charge >= 0.3 is 0 Å². The first-order valence-corrected chi connectivity index (χ1v) is 7.12. The van der Waals surface area contributed by atoms with Gasteiger partial charge in [0.25, 0.3) is 5.91 Å². The number of fused-ring (bicyclic) bond motifs is 1. The molecule has 0 saturated carbocycles. The number of rotatable bonds is 2. The molecule has 4 nitrogen and oxygen atoms in total. The molecule has 1 aliphatic rings. The third-order valence-electron chi connectivity index (χ3n) is 3.33.